The maximum absolute atomic E-state index is 5.96. The number of halogens is 1. The van der Waals surface area contributed by atoms with Gasteiger partial charge in [-0.1, -0.05) is 24.3 Å². The zero-order chi connectivity index (χ0) is 19.1. The van der Waals surface area contributed by atoms with Crippen LogP contribution in [0.3, 0.4) is 0 Å². The molecule has 1 aliphatic rings. The number of ether oxygens (including phenoxy) is 3. The molecule has 0 amide bonds. The van der Waals surface area contributed by atoms with Crippen molar-refractivity contribution >= 4 is 29.9 Å². The molecular weight excluding hydrogens is 469 g/mol. The van der Waals surface area contributed by atoms with Gasteiger partial charge in [0.15, 0.2) is 17.5 Å². The van der Waals surface area contributed by atoms with Crippen molar-refractivity contribution in [1.29, 1.82) is 0 Å². The number of aliphatic imine (C=N–C) groups is 1. The summed E-state index contributed by atoms with van der Waals surface area (Å²) in [5.74, 6) is 3.21. The monoisotopic (exact) mass is 497 g/mol. The van der Waals surface area contributed by atoms with Gasteiger partial charge in [0.25, 0.3) is 0 Å². The maximum Gasteiger partial charge on any atom is 0.191 e. The van der Waals surface area contributed by atoms with Crippen LogP contribution >= 0.6 is 24.0 Å². The summed E-state index contributed by atoms with van der Waals surface area (Å²) in [6.45, 7) is 3.89. The van der Waals surface area contributed by atoms with E-state index in [1.54, 1.807) is 14.2 Å². The first kappa shape index (κ1) is 22.1. The third-order valence-electron chi connectivity index (χ3n) is 4.42. The minimum Gasteiger partial charge on any atom is -0.493 e. The molecule has 1 unspecified atom stereocenters. The molecule has 0 bridgehead atoms. The first-order valence-corrected chi connectivity index (χ1v) is 9.22. The molecule has 1 atom stereocenters. The van der Waals surface area contributed by atoms with Crippen LogP contribution in [0.2, 0.25) is 0 Å². The van der Waals surface area contributed by atoms with Crippen molar-refractivity contribution in [1.82, 2.24) is 10.6 Å². The van der Waals surface area contributed by atoms with Gasteiger partial charge in [-0.05, 0) is 36.2 Å². The number of hydrogen-bond donors (Lipinski definition) is 2. The van der Waals surface area contributed by atoms with E-state index in [-0.39, 0.29) is 30.1 Å². The third-order valence-corrected chi connectivity index (χ3v) is 4.42. The molecular formula is C21H28IN3O3. The van der Waals surface area contributed by atoms with Gasteiger partial charge in [-0.2, -0.15) is 0 Å². The number of hydrogen-bond acceptors (Lipinski definition) is 4. The Kier molecular flexibility index (Phi) is 8.69. The van der Waals surface area contributed by atoms with E-state index in [9.17, 15) is 0 Å². The topological polar surface area (TPSA) is 64.1 Å². The normalized spacial score (nSPS) is 15.1. The summed E-state index contributed by atoms with van der Waals surface area (Å²) in [6, 6.07) is 14.1. The molecule has 0 aromatic heterocycles. The zero-order valence-electron chi connectivity index (χ0n) is 16.5. The van der Waals surface area contributed by atoms with Crippen LogP contribution < -0.4 is 24.8 Å². The quantitative estimate of drug-likeness (QED) is 0.349. The average molecular weight is 497 g/mol. The van der Waals surface area contributed by atoms with Crippen LogP contribution in [0, 0.1) is 0 Å². The number of para-hydroxylation sites is 1. The van der Waals surface area contributed by atoms with Gasteiger partial charge in [-0.25, -0.2) is 0 Å². The number of rotatable bonds is 7. The second-order valence-corrected chi connectivity index (χ2v) is 6.28. The lowest BCUT2D eigenvalue weighted by Gasteiger charge is -2.16. The van der Waals surface area contributed by atoms with Crippen LogP contribution in [0.1, 0.15) is 18.1 Å². The smallest absolute Gasteiger partial charge is 0.191 e. The SMILES string of the molecule is CCOc1cc(CNC(=NC)NCC2Cc3ccccc3O2)ccc1OC.I. The van der Waals surface area contributed by atoms with Crippen molar-refractivity contribution in [3.8, 4) is 17.2 Å². The lowest BCUT2D eigenvalue weighted by atomic mass is 10.1. The summed E-state index contributed by atoms with van der Waals surface area (Å²) >= 11 is 0. The fraction of sp³-hybridized carbons (Fsp3) is 0.381. The number of guanidine groups is 1. The summed E-state index contributed by atoms with van der Waals surface area (Å²) in [6.07, 6.45) is 1.03. The van der Waals surface area contributed by atoms with Crippen LogP contribution in [-0.2, 0) is 13.0 Å². The first-order valence-electron chi connectivity index (χ1n) is 9.22. The molecule has 0 fully saturated rings. The molecule has 6 nitrogen and oxygen atoms in total. The van der Waals surface area contributed by atoms with E-state index < -0.39 is 0 Å². The summed E-state index contributed by atoms with van der Waals surface area (Å²) in [4.78, 5) is 4.29. The summed E-state index contributed by atoms with van der Waals surface area (Å²) in [5.41, 5.74) is 2.35. The van der Waals surface area contributed by atoms with Gasteiger partial charge >= 0.3 is 0 Å². The second-order valence-electron chi connectivity index (χ2n) is 6.28. The second kappa shape index (κ2) is 11.0. The Hall–Kier alpha value is -2.16. The lowest BCUT2D eigenvalue weighted by Crippen LogP contribution is -2.41. The van der Waals surface area contributed by atoms with E-state index in [4.69, 9.17) is 14.2 Å². The summed E-state index contributed by atoms with van der Waals surface area (Å²) < 4.78 is 16.9. The minimum absolute atomic E-state index is 0. The standard InChI is InChI=1S/C21H27N3O3.HI/c1-4-26-20-11-15(9-10-19(20)25-3)13-23-21(22-2)24-14-17-12-16-7-5-6-8-18(16)27-17;/h5-11,17H,4,12-14H2,1-3H3,(H2,22,23,24);1H. The van der Waals surface area contributed by atoms with Gasteiger partial charge in [0.05, 0.1) is 20.3 Å². The number of methoxy groups -OCH3 is 1. The maximum atomic E-state index is 5.96. The van der Waals surface area contributed by atoms with Gasteiger partial charge in [-0.3, -0.25) is 4.99 Å². The Bertz CT molecular complexity index is 773. The lowest BCUT2D eigenvalue weighted by molar-refractivity contribution is 0.235. The Labute approximate surface area is 183 Å². The summed E-state index contributed by atoms with van der Waals surface area (Å²) in [7, 11) is 3.41. The van der Waals surface area contributed by atoms with E-state index in [2.05, 4.69) is 21.7 Å². The highest BCUT2D eigenvalue weighted by Gasteiger charge is 2.22. The Balaban J connectivity index is 0.00000280. The number of nitrogens with zero attached hydrogens (tertiary/aromatic N) is 1. The molecule has 2 aromatic rings. The van der Waals surface area contributed by atoms with Gasteiger partial charge in [0.1, 0.15) is 11.9 Å². The molecule has 0 saturated carbocycles. The van der Waals surface area contributed by atoms with Crippen LogP contribution in [0.15, 0.2) is 47.5 Å². The molecule has 1 aliphatic heterocycles. The van der Waals surface area contributed by atoms with Crippen molar-refractivity contribution in [2.45, 2.75) is 26.0 Å². The van der Waals surface area contributed by atoms with Crippen LogP contribution in [0.4, 0.5) is 0 Å². The van der Waals surface area contributed by atoms with Crippen LogP contribution in [-0.4, -0.2) is 39.4 Å². The Morgan fingerprint density at radius 2 is 2.00 bits per heavy atom. The number of fused-ring (bicyclic) bond motifs is 1. The van der Waals surface area contributed by atoms with E-state index in [0.29, 0.717) is 19.7 Å². The fourth-order valence-corrected chi connectivity index (χ4v) is 3.08. The molecule has 2 N–H and O–H groups in total. The fourth-order valence-electron chi connectivity index (χ4n) is 3.08. The van der Waals surface area contributed by atoms with E-state index in [1.165, 1.54) is 5.56 Å². The molecule has 0 radical (unpaired) electrons. The van der Waals surface area contributed by atoms with Crippen molar-refractivity contribution in [2.24, 2.45) is 4.99 Å². The summed E-state index contributed by atoms with van der Waals surface area (Å²) in [5, 5.41) is 6.66. The predicted octanol–water partition coefficient (Wildman–Crippen LogP) is 3.38. The minimum atomic E-state index is 0. The van der Waals surface area contributed by atoms with E-state index in [1.807, 2.05) is 43.3 Å². The molecule has 0 saturated heterocycles. The highest BCUT2D eigenvalue weighted by atomic mass is 127. The molecule has 0 spiro atoms. The van der Waals surface area contributed by atoms with E-state index >= 15 is 0 Å². The largest absolute Gasteiger partial charge is 0.493 e. The van der Waals surface area contributed by atoms with Gasteiger partial charge in [0, 0.05) is 20.0 Å². The number of nitrogens with one attached hydrogen (secondary N) is 2. The van der Waals surface area contributed by atoms with Gasteiger partial charge < -0.3 is 24.8 Å². The van der Waals surface area contributed by atoms with Crippen molar-refractivity contribution in [3.05, 3.63) is 53.6 Å². The zero-order valence-corrected chi connectivity index (χ0v) is 18.9. The molecule has 7 heteroatoms. The molecule has 152 valence electrons. The molecule has 0 aliphatic carbocycles. The Morgan fingerprint density at radius 3 is 2.71 bits per heavy atom. The van der Waals surface area contributed by atoms with E-state index in [0.717, 1.165) is 35.2 Å². The average Bonchev–Trinajstić information content (AvgIpc) is 3.11. The van der Waals surface area contributed by atoms with Crippen molar-refractivity contribution in [3.63, 3.8) is 0 Å². The highest BCUT2D eigenvalue weighted by Crippen LogP contribution is 2.28. The molecule has 2 aromatic carbocycles. The first-order chi connectivity index (χ1) is 13.2. The van der Waals surface area contributed by atoms with Crippen molar-refractivity contribution in [2.75, 3.05) is 27.3 Å². The molecule has 28 heavy (non-hydrogen) atoms. The van der Waals surface area contributed by atoms with Crippen molar-refractivity contribution < 1.29 is 14.2 Å². The van der Waals surface area contributed by atoms with Gasteiger partial charge in [-0.15, -0.1) is 24.0 Å². The third kappa shape index (κ3) is 5.67. The Morgan fingerprint density at radius 1 is 1.18 bits per heavy atom. The predicted molar refractivity (Wildman–Crippen MR) is 122 cm³/mol. The number of benzene rings is 2. The molecule has 1 heterocycles. The van der Waals surface area contributed by atoms with Crippen LogP contribution in [0.5, 0.6) is 17.2 Å². The van der Waals surface area contributed by atoms with Crippen LogP contribution in [0.25, 0.3) is 0 Å². The highest BCUT2D eigenvalue weighted by molar-refractivity contribution is 14.0. The molecule has 3 rings (SSSR count). The van der Waals surface area contributed by atoms with Gasteiger partial charge in [0.2, 0.25) is 0 Å².